The Morgan fingerprint density at radius 2 is 1.92 bits per heavy atom. The lowest BCUT2D eigenvalue weighted by Crippen LogP contribution is -1.99. The number of rotatable bonds is 6. The number of hydrogen-bond acceptors (Lipinski definition) is 5. The third kappa shape index (κ3) is 4.08. The molecule has 0 aliphatic carbocycles. The van der Waals surface area contributed by atoms with Gasteiger partial charge in [-0.2, -0.15) is 0 Å². The SMILES string of the molecule is COc1ccc(C(=O)/C=C/c2cccnc2Nc2ccccc2)cc1N. The third-order valence-electron chi connectivity index (χ3n) is 3.80. The normalized spacial score (nSPS) is 10.7. The van der Waals surface area contributed by atoms with Crippen molar-refractivity contribution in [3.05, 3.63) is 84.1 Å². The van der Waals surface area contributed by atoms with E-state index in [4.69, 9.17) is 10.5 Å². The first-order chi connectivity index (χ1) is 12.7. The van der Waals surface area contributed by atoms with E-state index in [0.717, 1.165) is 11.3 Å². The van der Waals surface area contributed by atoms with E-state index in [-0.39, 0.29) is 5.78 Å². The fraction of sp³-hybridized carbons (Fsp3) is 0.0476. The molecule has 0 unspecified atom stereocenters. The van der Waals surface area contributed by atoms with Crippen molar-refractivity contribution in [2.75, 3.05) is 18.2 Å². The number of ketones is 1. The van der Waals surface area contributed by atoms with Crippen LogP contribution in [0.25, 0.3) is 6.08 Å². The number of allylic oxidation sites excluding steroid dienone is 1. The summed E-state index contributed by atoms with van der Waals surface area (Å²) in [6, 6.07) is 18.4. The number of methoxy groups -OCH3 is 1. The second-order valence-electron chi connectivity index (χ2n) is 5.59. The highest BCUT2D eigenvalue weighted by atomic mass is 16.5. The molecule has 130 valence electrons. The van der Waals surface area contributed by atoms with Gasteiger partial charge in [0.05, 0.1) is 12.8 Å². The van der Waals surface area contributed by atoms with Crippen molar-refractivity contribution in [2.45, 2.75) is 0 Å². The van der Waals surface area contributed by atoms with E-state index in [0.29, 0.717) is 22.8 Å². The Labute approximate surface area is 152 Å². The Bertz CT molecular complexity index is 937. The summed E-state index contributed by atoms with van der Waals surface area (Å²) >= 11 is 0. The highest BCUT2D eigenvalue weighted by molar-refractivity contribution is 6.07. The number of nitrogens with two attached hydrogens (primary N) is 1. The smallest absolute Gasteiger partial charge is 0.185 e. The fourth-order valence-electron chi connectivity index (χ4n) is 2.46. The summed E-state index contributed by atoms with van der Waals surface area (Å²) in [6.07, 6.45) is 4.95. The number of hydrogen-bond donors (Lipinski definition) is 2. The number of aromatic nitrogens is 1. The van der Waals surface area contributed by atoms with Gasteiger partial charge in [-0.15, -0.1) is 0 Å². The van der Waals surface area contributed by atoms with Gasteiger partial charge in [-0.3, -0.25) is 4.79 Å². The Balaban J connectivity index is 1.80. The van der Waals surface area contributed by atoms with E-state index in [2.05, 4.69) is 10.3 Å². The minimum Gasteiger partial charge on any atom is -0.495 e. The number of nitrogen functional groups attached to an aromatic ring is 1. The number of carbonyl (C=O) groups excluding carboxylic acids is 1. The van der Waals surface area contributed by atoms with Gasteiger partial charge in [0.25, 0.3) is 0 Å². The molecular formula is C21H19N3O2. The van der Waals surface area contributed by atoms with Gasteiger partial charge >= 0.3 is 0 Å². The molecule has 1 heterocycles. The number of ether oxygens (including phenoxy) is 1. The second-order valence-corrected chi connectivity index (χ2v) is 5.59. The molecule has 0 atom stereocenters. The average Bonchev–Trinajstić information content (AvgIpc) is 2.68. The van der Waals surface area contributed by atoms with Crippen LogP contribution in [-0.2, 0) is 0 Å². The number of pyridine rings is 1. The lowest BCUT2D eigenvalue weighted by Gasteiger charge is -2.08. The zero-order valence-corrected chi connectivity index (χ0v) is 14.3. The highest BCUT2D eigenvalue weighted by Crippen LogP contribution is 2.23. The Kier molecular flexibility index (Phi) is 5.29. The van der Waals surface area contributed by atoms with Crippen molar-refractivity contribution in [3.63, 3.8) is 0 Å². The summed E-state index contributed by atoms with van der Waals surface area (Å²) < 4.78 is 5.11. The molecule has 3 N–H and O–H groups in total. The van der Waals surface area contributed by atoms with Gasteiger partial charge in [0.2, 0.25) is 0 Å². The standard InChI is InChI=1S/C21H19N3O2/c1-26-20-12-10-16(14-18(20)22)19(25)11-9-15-6-5-13-23-21(15)24-17-7-3-2-4-8-17/h2-14H,22H2,1H3,(H,23,24)/b11-9+. The lowest BCUT2D eigenvalue weighted by molar-refractivity contribution is 0.104. The molecular weight excluding hydrogens is 326 g/mol. The van der Waals surface area contributed by atoms with Crippen molar-refractivity contribution in [1.29, 1.82) is 0 Å². The molecule has 2 aromatic carbocycles. The molecule has 0 saturated heterocycles. The number of anilines is 3. The summed E-state index contributed by atoms with van der Waals surface area (Å²) in [7, 11) is 1.54. The van der Waals surface area contributed by atoms with Crippen molar-refractivity contribution in [1.82, 2.24) is 4.98 Å². The average molecular weight is 345 g/mol. The molecule has 3 rings (SSSR count). The lowest BCUT2D eigenvalue weighted by atomic mass is 10.1. The van der Waals surface area contributed by atoms with Crippen LogP contribution in [0.3, 0.4) is 0 Å². The molecule has 0 bridgehead atoms. The molecule has 0 spiro atoms. The van der Waals surface area contributed by atoms with Crippen LogP contribution in [0.15, 0.2) is 72.9 Å². The molecule has 0 radical (unpaired) electrons. The minimum absolute atomic E-state index is 0.145. The minimum atomic E-state index is -0.145. The molecule has 5 nitrogen and oxygen atoms in total. The number of nitrogens with zero attached hydrogens (tertiary/aromatic N) is 1. The first-order valence-electron chi connectivity index (χ1n) is 8.10. The maximum atomic E-state index is 12.4. The monoisotopic (exact) mass is 345 g/mol. The maximum Gasteiger partial charge on any atom is 0.185 e. The summed E-state index contributed by atoms with van der Waals surface area (Å²) in [5.41, 5.74) is 8.53. The van der Waals surface area contributed by atoms with Crippen molar-refractivity contribution >= 4 is 29.1 Å². The van der Waals surface area contributed by atoms with Gasteiger partial charge in [0, 0.05) is 23.0 Å². The topological polar surface area (TPSA) is 77.2 Å². The molecule has 0 saturated carbocycles. The van der Waals surface area contributed by atoms with E-state index in [1.54, 1.807) is 30.5 Å². The molecule has 0 aliphatic rings. The van der Waals surface area contributed by atoms with E-state index < -0.39 is 0 Å². The van der Waals surface area contributed by atoms with Crippen molar-refractivity contribution < 1.29 is 9.53 Å². The summed E-state index contributed by atoms with van der Waals surface area (Å²) in [4.78, 5) is 16.8. The van der Waals surface area contributed by atoms with Gasteiger partial charge in [0.15, 0.2) is 5.78 Å². The zero-order valence-electron chi connectivity index (χ0n) is 14.3. The number of nitrogens with one attached hydrogen (secondary N) is 1. The van der Waals surface area contributed by atoms with Crippen LogP contribution < -0.4 is 15.8 Å². The van der Waals surface area contributed by atoms with E-state index in [9.17, 15) is 4.79 Å². The molecule has 26 heavy (non-hydrogen) atoms. The fourth-order valence-corrected chi connectivity index (χ4v) is 2.46. The van der Waals surface area contributed by atoms with Crippen LogP contribution in [0.2, 0.25) is 0 Å². The van der Waals surface area contributed by atoms with Crippen LogP contribution in [0.1, 0.15) is 15.9 Å². The molecule has 1 aromatic heterocycles. The third-order valence-corrected chi connectivity index (χ3v) is 3.80. The van der Waals surface area contributed by atoms with Crippen LogP contribution in [0, 0.1) is 0 Å². The zero-order chi connectivity index (χ0) is 18.4. The van der Waals surface area contributed by atoms with Crippen LogP contribution in [-0.4, -0.2) is 17.9 Å². The van der Waals surface area contributed by atoms with Crippen LogP contribution >= 0.6 is 0 Å². The Morgan fingerprint density at radius 3 is 2.65 bits per heavy atom. The van der Waals surface area contributed by atoms with Crippen molar-refractivity contribution in [2.24, 2.45) is 0 Å². The predicted octanol–water partition coefficient (Wildman–Crippen LogP) is 4.31. The molecule has 5 heteroatoms. The van der Waals surface area contributed by atoms with Crippen LogP contribution in [0.4, 0.5) is 17.2 Å². The van der Waals surface area contributed by atoms with Gasteiger partial charge in [-0.1, -0.05) is 18.2 Å². The quantitative estimate of drug-likeness (QED) is 0.395. The maximum absolute atomic E-state index is 12.4. The van der Waals surface area contributed by atoms with E-state index >= 15 is 0 Å². The van der Waals surface area contributed by atoms with Crippen LogP contribution in [0.5, 0.6) is 5.75 Å². The molecule has 0 amide bonds. The molecule has 0 aliphatic heterocycles. The second kappa shape index (κ2) is 7.98. The van der Waals surface area contributed by atoms with Crippen molar-refractivity contribution in [3.8, 4) is 5.75 Å². The number of para-hydroxylation sites is 1. The largest absolute Gasteiger partial charge is 0.495 e. The summed E-state index contributed by atoms with van der Waals surface area (Å²) in [5.74, 6) is 1.08. The summed E-state index contributed by atoms with van der Waals surface area (Å²) in [6.45, 7) is 0. The van der Waals surface area contributed by atoms with Gasteiger partial charge in [-0.25, -0.2) is 4.98 Å². The Morgan fingerprint density at radius 1 is 1.12 bits per heavy atom. The first-order valence-corrected chi connectivity index (χ1v) is 8.10. The summed E-state index contributed by atoms with van der Waals surface area (Å²) in [5, 5.41) is 3.25. The van der Waals surface area contributed by atoms with Gasteiger partial charge in [0.1, 0.15) is 11.6 Å². The van der Waals surface area contributed by atoms with E-state index in [1.165, 1.54) is 13.2 Å². The van der Waals surface area contributed by atoms with Gasteiger partial charge in [-0.05, 0) is 54.6 Å². The predicted molar refractivity (Wildman–Crippen MR) is 105 cm³/mol. The van der Waals surface area contributed by atoms with Gasteiger partial charge < -0.3 is 15.8 Å². The highest BCUT2D eigenvalue weighted by Gasteiger charge is 2.07. The number of carbonyl (C=O) groups is 1. The Hall–Kier alpha value is -3.60. The molecule has 0 fully saturated rings. The first kappa shape index (κ1) is 17.2. The van der Waals surface area contributed by atoms with E-state index in [1.807, 2.05) is 42.5 Å². The number of benzene rings is 2. The molecule has 3 aromatic rings.